The molecule has 0 aliphatic heterocycles. The molecule has 0 aliphatic rings. The first kappa shape index (κ1) is 7.43. The molecule has 0 aromatic rings. The third-order valence-electron chi connectivity index (χ3n) is 0.894. The van der Waals surface area contributed by atoms with Gasteiger partial charge in [0.1, 0.15) is 0 Å². The van der Waals surface area contributed by atoms with E-state index >= 15 is 0 Å². The third kappa shape index (κ3) is 6.43. The van der Waals surface area contributed by atoms with Gasteiger partial charge in [-0.05, 0) is 0 Å². The second-order valence-electron chi connectivity index (χ2n) is 4.17. The molecule has 0 aliphatic carbocycles. The van der Waals surface area contributed by atoms with E-state index in [1.165, 1.54) is 0 Å². The minimum absolute atomic E-state index is 1.12. The topological polar surface area (TPSA) is 0 Å². The zero-order valence-electron chi connectivity index (χ0n) is 5.86. The monoisotopic (exact) mass is 119 g/mol. The van der Waals surface area contributed by atoms with Gasteiger partial charge in [0.2, 0.25) is 0 Å². The Bertz CT molecular complexity index is 56.7. The van der Waals surface area contributed by atoms with E-state index in [9.17, 15) is 0 Å². The molecule has 0 saturated carbocycles. The second kappa shape index (κ2) is 1.45. The van der Waals surface area contributed by atoms with Crippen LogP contribution in [0.5, 0.6) is 0 Å². The van der Waals surface area contributed by atoms with E-state index < -0.39 is 6.60 Å². The molecule has 1 heteroatoms. The Kier molecular flexibility index (Phi) is 1.54. The van der Waals surface area contributed by atoms with Crippen LogP contribution in [0.3, 0.4) is 0 Å². The van der Waals surface area contributed by atoms with Gasteiger partial charge in [0, 0.05) is 0 Å². The van der Waals surface area contributed by atoms with E-state index in [0.717, 1.165) is 6.16 Å². The average Bonchev–Trinajstić information content (AvgIpc) is 1.32. The van der Waals surface area contributed by atoms with Crippen LogP contribution in [0.4, 0.5) is 0 Å². The Balaban J connectivity index is 3.83. The maximum absolute atomic E-state index is 3.89. The number of hydrogen-bond donors (Lipinski definition) is 0. The van der Waals surface area contributed by atoms with Crippen molar-refractivity contribution in [2.75, 3.05) is 32.8 Å². The van der Waals surface area contributed by atoms with Crippen LogP contribution < -0.4 is 0 Å². The summed E-state index contributed by atoms with van der Waals surface area (Å²) < 4.78 is 0. The molecule has 0 heterocycles. The van der Waals surface area contributed by atoms with E-state index in [-0.39, 0.29) is 0 Å². The van der Waals surface area contributed by atoms with Crippen molar-refractivity contribution < 1.29 is 0 Å². The Morgan fingerprint density at radius 1 is 1.14 bits per heavy atom. The van der Waals surface area contributed by atoms with Crippen molar-refractivity contribution in [3.8, 4) is 0 Å². The average molecular weight is 119 g/mol. The summed E-state index contributed by atoms with van der Waals surface area (Å²) in [7, 11) is 0. The van der Waals surface area contributed by atoms with Gasteiger partial charge in [-0.15, -0.1) is 0 Å². The van der Waals surface area contributed by atoms with Gasteiger partial charge in [0.05, 0.1) is 0 Å². The quantitative estimate of drug-likeness (QED) is 0.462. The van der Waals surface area contributed by atoms with Crippen molar-refractivity contribution in [3.05, 3.63) is 6.92 Å². The SMILES string of the molecule is [CH2]CP(C)(C)(C)C. The van der Waals surface area contributed by atoms with Crippen LogP contribution >= 0.6 is 6.60 Å². The van der Waals surface area contributed by atoms with E-state index in [1.807, 2.05) is 0 Å². The summed E-state index contributed by atoms with van der Waals surface area (Å²) in [4.78, 5) is 0. The van der Waals surface area contributed by atoms with Crippen LogP contribution in [-0.2, 0) is 0 Å². The molecule has 0 unspecified atom stereocenters. The van der Waals surface area contributed by atoms with Crippen LogP contribution in [0, 0.1) is 6.92 Å². The Morgan fingerprint density at radius 2 is 1.29 bits per heavy atom. The van der Waals surface area contributed by atoms with Gasteiger partial charge in [0.25, 0.3) is 0 Å². The van der Waals surface area contributed by atoms with Crippen molar-refractivity contribution in [2.24, 2.45) is 0 Å². The number of hydrogen-bond acceptors (Lipinski definition) is 0. The maximum atomic E-state index is 3.89. The fraction of sp³-hybridized carbons (Fsp3) is 0.833. The van der Waals surface area contributed by atoms with E-state index in [1.54, 1.807) is 0 Å². The first-order valence-electron chi connectivity index (χ1n) is 2.61. The van der Waals surface area contributed by atoms with E-state index in [0.29, 0.717) is 0 Å². The zero-order chi connectivity index (χ0) is 6.15. The molecule has 1 radical (unpaired) electrons. The van der Waals surface area contributed by atoms with Crippen LogP contribution in [0.15, 0.2) is 0 Å². The predicted octanol–water partition coefficient (Wildman–Crippen LogP) is 1.89. The van der Waals surface area contributed by atoms with Crippen LogP contribution in [0.25, 0.3) is 0 Å². The standard InChI is InChI=1S/C6H16P/c1-6-7(2,3,4)5/h1,6H2,2-5H3. The fourth-order valence-electron chi connectivity index (χ4n) is 0. The molecule has 0 bridgehead atoms. The van der Waals surface area contributed by atoms with Crippen molar-refractivity contribution in [3.63, 3.8) is 0 Å². The van der Waals surface area contributed by atoms with Gasteiger partial charge in [-0.1, -0.05) is 0 Å². The van der Waals surface area contributed by atoms with E-state index in [2.05, 4.69) is 33.6 Å². The number of rotatable bonds is 1. The molecular formula is C6H16P. The molecule has 0 aromatic heterocycles. The summed E-state index contributed by atoms with van der Waals surface area (Å²) in [6.07, 6.45) is 1.12. The van der Waals surface area contributed by atoms with Crippen LogP contribution in [0.1, 0.15) is 0 Å². The van der Waals surface area contributed by atoms with Gasteiger partial charge in [-0.2, -0.15) is 0 Å². The predicted molar refractivity (Wildman–Crippen MR) is 40.8 cm³/mol. The summed E-state index contributed by atoms with van der Waals surface area (Å²) in [6.45, 7) is 12.0. The first-order valence-corrected chi connectivity index (χ1v) is 6.82. The van der Waals surface area contributed by atoms with E-state index in [4.69, 9.17) is 0 Å². The molecule has 0 N–H and O–H groups in total. The minimum atomic E-state index is -1.19. The third-order valence-corrected chi connectivity index (χ3v) is 2.68. The van der Waals surface area contributed by atoms with Gasteiger partial charge < -0.3 is 0 Å². The van der Waals surface area contributed by atoms with Crippen molar-refractivity contribution in [1.82, 2.24) is 0 Å². The van der Waals surface area contributed by atoms with Gasteiger partial charge in [-0.3, -0.25) is 0 Å². The molecule has 0 saturated heterocycles. The zero-order valence-corrected chi connectivity index (χ0v) is 6.76. The normalized spacial score (nSPS) is 18.1. The Labute approximate surface area is 47.2 Å². The van der Waals surface area contributed by atoms with Gasteiger partial charge in [0.15, 0.2) is 0 Å². The van der Waals surface area contributed by atoms with Crippen LogP contribution in [-0.4, -0.2) is 32.8 Å². The molecule has 0 aromatic carbocycles. The first-order chi connectivity index (χ1) is 2.81. The van der Waals surface area contributed by atoms with Gasteiger partial charge in [-0.25, -0.2) is 0 Å². The molecule has 0 amide bonds. The molecule has 0 nitrogen and oxygen atoms in total. The summed E-state index contributed by atoms with van der Waals surface area (Å²) >= 11 is 0. The molecule has 7 heavy (non-hydrogen) atoms. The molecule has 0 spiro atoms. The molecule has 0 rings (SSSR count). The van der Waals surface area contributed by atoms with Gasteiger partial charge >= 0.3 is 46.3 Å². The second-order valence-corrected chi connectivity index (χ2v) is 12.5. The molecular weight excluding hydrogens is 103 g/mol. The summed E-state index contributed by atoms with van der Waals surface area (Å²) in [5, 5.41) is 0. The summed E-state index contributed by atoms with van der Waals surface area (Å²) in [5.74, 6) is 0. The van der Waals surface area contributed by atoms with Crippen molar-refractivity contribution in [2.45, 2.75) is 0 Å². The summed E-state index contributed by atoms with van der Waals surface area (Å²) in [5.41, 5.74) is 0. The molecule has 0 atom stereocenters. The Morgan fingerprint density at radius 3 is 1.29 bits per heavy atom. The van der Waals surface area contributed by atoms with Crippen LogP contribution in [0.2, 0.25) is 0 Å². The summed E-state index contributed by atoms with van der Waals surface area (Å²) in [6, 6.07) is 0. The van der Waals surface area contributed by atoms with Crippen molar-refractivity contribution in [1.29, 1.82) is 0 Å². The Hall–Kier alpha value is 0.430. The van der Waals surface area contributed by atoms with Crippen molar-refractivity contribution >= 4 is 6.60 Å². The molecule has 0 fully saturated rings. The molecule has 45 valence electrons. The fourth-order valence-corrected chi connectivity index (χ4v) is 0.